The molecule has 0 bridgehead atoms. The van der Waals surface area contributed by atoms with E-state index in [1.165, 1.54) is 32.1 Å². The summed E-state index contributed by atoms with van der Waals surface area (Å²) >= 11 is 0. The second kappa shape index (κ2) is 7.27. The van der Waals surface area contributed by atoms with Crippen molar-refractivity contribution < 1.29 is 4.79 Å². The van der Waals surface area contributed by atoms with E-state index in [1.54, 1.807) is 0 Å². The number of carbonyl (C=O) groups is 1. The molecule has 1 aromatic rings. The number of piperazine rings is 1. The number of nitrogens with zero attached hydrogens (tertiary/aromatic N) is 3. The molecular formula is C17H28N4O. The smallest absolute Gasteiger partial charge is 0.223 e. The third kappa shape index (κ3) is 3.51. The molecule has 1 N–H and O–H groups in total. The zero-order valence-corrected chi connectivity index (χ0v) is 13.6. The Morgan fingerprint density at radius 2 is 2.18 bits per heavy atom. The lowest BCUT2D eigenvalue weighted by atomic mass is 9.86. The fourth-order valence-corrected chi connectivity index (χ4v) is 3.88. The van der Waals surface area contributed by atoms with E-state index in [2.05, 4.69) is 10.3 Å². The Balaban J connectivity index is 1.60. The number of imidazole rings is 1. The van der Waals surface area contributed by atoms with Gasteiger partial charge in [-0.3, -0.25) is 4.79 Å². The average molecular weight is 304 g/mol. The third-order valence-corrected chi connectivity index (χ3v) is 5.21. The lowest BCUT2D eigenvalue weighted by molar-refractivity contribution is -0.135. The number of rotatable bonds is 4. The van der Waals surface area contributed by atoms with Crippen molar-refractivity contribution in [3.63, 3.8) is 0 Å². The highest BCUT2D eigenvalue weighted by molar-refractivity contribution is 5.76. The summed E-state index contributed by atoms with van der Waals surface area (Å²) in [5, 5.41) is 3.39. The average Bonchev–Trinajstić information content (AvgIpc) is 2.99. The maximum Gasteiger partial charge on any atom is 0.223 e. The molecule has 3 rings (SSSR count). The van der Waals surface area contributed by atoms with Gasteiger partial charge in [-0.2, -0.15) is 0 Å². The lowest BCUT2D eigenvalue weighted by Gasteiger charge is -2.36. The van der Waals surface area contributed by atoms with Gasteiger partial charge in [-0.15, -0.1) is 0 Å². The molecule has 1 aliphatic carbocycles. The van der Waals surface area contributed by atoms with Crippen LogP contribution in [0.3, 0.4) is 0 Å². The summed E-state index contributed by atoms with van der Waals surface area (Å²) in [7, 11) is 2.00. The molecule has 0 aromatic carbocycles. The van der Waals surface area contributed by atoms with E-state index in [0.29, 0.717) is 12.3 Å². The fourth-order valence-electron chi connectivity index (χ4n) is 3.88. The summed E-state index contributed by atoms with van der Waals surface area (Å²) in [5.74, 6) is 2.06. The van der Waals surface area contributed by atoms with E-state index in [0.717, 1.165) is 37.8 Å². The molecule has 5 heteroatoms. The largest absolute Gasteiger partial charge is 0.336 e. The van der Waals surface area contributed by atoms with Crippen molar-refractivity contribution in [1.82, 2.24) is 19.8 Å². The molecule has 1 saturated carbocycles. The van der Waals surface area contributed by atoms with E-state index in [4.69, 9.17) is 0 Å². The number of aromatic nitrogens is 2. The maximum absolute atomic E-state index is 12.7. The molecule has 2 heterocycles. The van der Waals surface area contributed by atoms with E-state index in [9.17, 15) is 4.79 Å². The molecule has 0 spiro atoms. The number of hydrogen-bond donors (Lipinski definition) is 1. The molecule has 1 amide bonds. The van der Waals surface area contributed by atoms with Crippen molar-refractivity contribution in [1.29, 1.82) is 0 Å². The lowest BCUT2D eigenvalue weighted by Crippen LogP contribution is -2.49. The van der Waals surface area contributed by atoms with Crippen LogP contribution in [0, 0.1) is 5.92 Å². The molecule has 2 aliphatic rings. The highest BCUT2D eigenvalue weighted by Crippen LogP contribution is 2.28. The predicted octanol–water partition coefficient (Wildman–Crippen LogP) is 2.25. The monoisotopic (exact) mass is 304 g/mol. The highest BCUT2D eigenvalue weighted by atomic mass is 16.2. The maximum atomic E-state index is 12.7. The molecule has 1 aromatic heterocycles. The number of nitrogens with one attached hydrogen (secondary N) is 1. The van der Waals surface area contributed by atoms with E-state index in [-0.39, 0.29) is 6.04 Å². The fraction of sp³-hybridized carbons (Fsp3) is 0.765. The van der Waals surface area contributed by atoms with Crippen LogP contribution in [0.1, 0.15) is 56.8 Å². The van der Waals surface area contributed by atoms with Gasteiger partial charge in [-0.25, -0.2) is 4.98 Å². The van der Waals surface area contributed by atoms with Gasteiger partial charge in [-0.1, -0.05) is 32.1 Å². The van der Waals surface area contributed by atoms with E-state index in [1.807, 2.05) is 28.9 Å². The summed E-state index contributed by atoms with van der Waals surface area (Å²) < 4.78 is 2.03. The molecular weight excluding hydrogens is 276 g/mol. The van der Waals surface area contributed by atoms with Crippen LogP contribution in [-0.4, -0.2) is 40.0 Å². The van der Waals surface area contributed by atoms with Gasteiger partial charge in [-0.05, 0) is 12.3 Å². The Kier molecular flexibility index (Phi) is 5.13. The Morgan fingerprint density at radius 3 is 2.91 bits per heavy atom. The van der Waals surface area contributed by atoms with Crippen LogP contribution >= 0.6 is 0 Å². The van der Waals surface area contributed by atoms with Gasteiger partial charge in [0.1, 0.15) is 11.9 Å². The quantitative estimate of drug-likeness (QED) is 0.928. The van der Waals surface area contributed by atoms with Crippen molar-refractivity contribution in [3.05, 3.63) is 18.2 Å². The molecule has 1 saturated heterocycles. The second-order valence-electron chi connectivity index (χ2n) is 6.75. The van der Waals surface area contributed by atoms with Crippen LogP contribution in [0.15, 0.2) is 12.4 Å². The van der Waals surface area contributed by atoms with Gasteiger partial charge in [0, 0.05) is 45.5 Å². The zero-order chi connectivity index (χ0) is 15.4. The first kappa shape index (κ1) is 15.5. The molecule has 2 fully saturated rings. The first-order valence-corrected chi connectivity index (χ1v) is 8.73. The SMILES string of the molecule is Cn1ccnc1C1CNCCN1C(=O)CCC1CCCCC1. The van der Waals surface area contributed by atoms with Crippen molar-refractivity contribution >= 4 is 5.91 Å². The van der Waals surface area contributed by atoms with Crippen molar-refractivity contribution in [2.75, 3.05) is 19.6 Å². The van der Waals surface area contributed by atoms with Gasteiger partial charge < -0.3 is 14.8 Å². The van der Waals surface area contributed by atoms with Crippen molar-refractivity contribution in [2.24, 2.45) is 13.0 Å². The first-order chi connectivity index (χ1) is 10.8. The first-order valence-electron chi connectivity index (χ1n) is 8.73. The van der Waals surface area contributed by atoms with Crippen LogP contribution in [-0.2, 0) is 11.8 Å². The van der Waals surface area contributed by atoms with E-state index < -0.39 is 0 Å². The predicted molar refractivity (Wildman–Crippen MR) is 86.3 cm³/mol. The number of aryl methyl sites for hydroxylation is 1. The highest BCUT2D eigenvalue weighted by Gasteiger charge is 2.30. The van der Waals surface area contributed by atoms with Crippen molar-refractivity contribution in [3.8, 4) is 0 Å². The minimum Gasteiger partial charge on any atom is -0.336 e. The summed E-state index contributed by atoms with van der Waals surface area (Å²) in [6.45, 7) is 2.48. The summed E-state index contributed by atoms with van der Waals surface area (Å²) in [6.07, 6.45) is 12.2. The number of hydrogen-bond acceptors (Lipinski definition) is 3. The van der Waals surface area contributed by atoms with Crippen LogP contribution in [0.25, 0.3) is 0 Å². The van der Waals surface area contributed by atoms with Gasteiger partial charge in [0.2, 0.25) is 5.91 Å². The minimum atomic E-state index is 0.0765. The normalized spacial score (nSPS) is 23.7. The molecule has 5 nitrogen and oxygen atoms in total. The van der Waals surface area contributed by atoms with Gasteiger partial charge in [0.25, 0.3) is 0 Å². The summed E-state index contributed by atoms with van der Waals surface area (Å²) in [5.41, 5.74) is 0. The molecule has 0 radical (unpaired) electrons. The number of carbonyl (C=O) groups excluding carboxylic acids is 1. The summed E-state index contributed by atoms with van der Waals surface area (Å²) in [6, 6.07) is 0.0765. The van der Waals surface area contributed by atoms with Gasteiger partial charge in [0.05, 0.1) is 0 Å². The van der Waals surface area contributed by atoms with Crippen LogP contribution < -0.4 is 5.32 Å². The van der Waals surface area contributed by atoms with Gasteiger partial charge >= 0.3 is 0 Å². The molecule has 1 unspecified atom stereocenters. The third-order valence-electron chi connectivity index (χ3n) is 5.21. The standard InChI is InChI=1S/C17H28N4O/c1-20-11-10-19-17(20)15-13-18-9-12-21(15)16(22)8-7-14-5-3-2-4-6-14/h10-11,14-15,18H,2-9,12-13H2,1H3. The molecule has 1 aliphatic heterocycles. The summed E-state index contributed by atoms with van der Waals surface area (Å²) in [4.78, 5) is 19.2. The zero-order valence-electron chi connectivity index (χ0n) is 13.6. The van der Waals surface area contributed by atoms with Gasteiger partial charge in [0.15, 0.2) is 0 Å². The Morgan fingerprint density at radius 1 is 1.36 bits per heavy atom. The molecule has 22 heavy (non-hydrogen) atoms. The van der Waals surface area contributed by atoms with Crippen LogP contribution in [0.2, 0.25) is 0 Å². The Labute approximate surface area is 133 Å². The van der Waals surface area contributed by atoms with Crippen LogP contribution in [0.4, 0.5) is 0 Å². The topological polar surface area (TPSA) is 50.2 Å². The minimum absolute atomic E-state index is 0.0765. The van der Waals surface area contributed by atoms with Crippen molar-refractivity contribution in [2.45, 2.75) is 51.0 Å². The van der Waals surface area contributed by atoms with E-state index >= 15 is 0 Å². The second-order valence-corrected chi connectivity index (χ2v) is 6.75. The Hall–Kier alpha value is -1.36. The molecule has 122 valence electrons. The number of amides is 1. The van der Waals surface area contributed by atoms with Crippen LogP contribution in [0.5, 0.6) is 0 Å². The molecule has 1 atom stereocenters. The Bertz CT molecular complexity index is 493.